The Morgan fingerprint density at radius 1 is 1.02 bits per heavy atom. The lowest BCUT2D eigenvalue weighted by molar-refractivity contribution is -0.111. The largest absolute Gasteiger partial charge is 0.494 e. The molecule has 0 aliphatic heterocycles. The lowest BCUT2D eigenvalue weighted by Crippen LogP contribution is -2.29. The Balaban J connectivity index is 1.50. The summed E-state index contributed by atoms with van der Waals surface area (Å²) < 4.78 is 5.75. The number of pyridine rings is 1. The van der Waals surface area contributed by atoms with E-state index in [4.69, 9.17) is 4.74 Å². The predicted molar refractivity (Wildman–Crippen MR) is 164 cm³/mol. The number of rotatable bonds is 10. The van der Waals surface area contributed by atoms with E-state index in [0.29, 0.717) is 22.9 Å². The average molecular weight is 536 g/mol. The van der Waals surface area contributed by atoms with Crippen LogP contribution < -0.4 is 20.3 Å². The summed E-state index contributed by atoms with van der Waals surface area (Å²) in [5.74, 6) is 0.975. The second kappa shape index (κ2) is 11.5. The molecule has 0 radical (unpaired) electrons. The van der Waals surface area contributed by atoms with Crippen molar-refractivity contribution >= 4 is 50.5 Å². The second-order valence-electron chi connectivity index (χ2n) is 9.85. The first-order valence-electron chi connectivity index (χ1n) is 13.0. The third-order valence-electron chi connectivity index (χ3n) is 6.85. The molecule has 2 aromatic heterocycles. The molecule has 5 aromatic rings. The number of nitrogens with zero attached hydrogens (tertiary/aromatic N) is 4. The third kappa shape index (κ3) is 5.45. The molecule has 0 unspecified atom stereocenters. The quantitative estimate of drug-likeness (QED) is 0.199. The lowest BCUT2D eigenvalue weighted by Gasteiger charge is -2.26. The zero-order valence-electron chi connectivity index (χ0n) is 23.2. The highest BCUT2D eigenvalue weighted by molar-refractivity contribution is 6.03. The number of hydrogen-bond acceptors (Lipinski definition) is 7. The van der Waals surface area contributed by atoms with Gasteiger partial charge in [-0.15, -0.1) is 0 Å². The fraction of sp³-hybridized carbons (Fsp3) is 0.194. The van der Waals surface area contributed by atoms with Crippen molar-refractivity contribution < 1.29 is 9.53 Å². The Labute approximate surface area is 233 Å². The van der Waals surface area contributed by atoms with Crippen LogP contribution in [-0.4, -0.2) is 67.3 Å². The van der Waals surface area contributed by atoms with Crippen molar-refractivity contribution in [2.45, 2.75) is 0 Å². The van der Waals surface area contributed by atoms with E-state index in [2.05, 4.69) is 66.5 Å². The zero-order chi connectivity index (χ0) is 28.2. The van der Waals surface area contributed by atoms with E-state index < -0.39 is 0 Å². The lowest BCUT2D eigenvalue weighted by atomic mass is 10.00. The smallest absolute Gasteiger partial charge is 0.247 e. The van der Waals surface area contributed by atoms with Gasteiger partial charge in [0.15, 0.2) is 5.82 Å². The number of benzene rings is 3. The van der Waals surface area contributed by atoms with Crippen LogP contribution in [0.15, 0.2) is 79.6 Å². The zero-order valence-corrected chi connectivity index (χ0v) is 23.2. The van der Waals surface area contributed by atoms with Crippen LogP contribution >= 0.6 is 0 Å². The summed E-state index contributed by atoms with van der Waals surface area (Å²) in [6.45, 7) is 5.21. The summed E-state index contributed by atoms with van der Waals surface area (Å²) in [5.41, 5.74) is 5.13. The minimum absolute atomic E-state index is 0.293. The summed E-state index contributed by atoms with van der Waals surface area (Å²) >= 11 is 0. The van der Waals surface area contributed by atoms with Gasteiger partial charge in [0.2, 0.25) is 5.91 Å². The molecular weight excluding hydrogens is 502 g/mol. The summed E-state index contributed by atoms with van der Waals surface area (Å²) in [6, 6.07) is 18.2. The monoisotopic (exact) mass is 535 g/mol. The summed E-state index contributed by atoms with van der Waals surface area (Å²) in [6.07, 6.45) is 5.02. The molecule has 0 fully saturated rings. The Morgan fingerprint density at radius 2 is 1.85 bits per heavy atom. The van der Waals surface area contributed by atoms with Gasteiger partial charge >= 0.3 is 0 Å². The van der Waals surface area contributed by atoms with Gasteiger partial charge in [0.25, 0.3) is 0 Å². The van der Waals surface area contributed by atoms with Crippen LogP contribution in [0, 0.1) is 0 Å². The summed E-state index contributed by atoms with van der Waals surface area (Å²) in [7, 11) is 7.66. The van der Waals surface area contributed by atoms with Crippen LogP contribution in [-0.2, 0) is 4.79 Å². The Hall–Kier alpha value is -4.89. The van der Waals surface area contributed by atoms with Gasteiger partial charge in [-0.1, -0.05) is 36.9 Å². The number of likely N-dealkylation sites (N-methyl/N-ethyl adjacent to an activating group) is 2. The number of amides is 1. The number of aromatic amines is 1. The maximum atomic E-state index is 12.3. The molecule has 9 nitrogen and oxygen atoms in total. The molecule has 9 heteroatoms. The molecule has 40 heavy (non-hydrogen) atoms. The van der Waals surface area contributed by atoms with E-state index in [1.807, 2.05) is 63.9 Å². The summed E-state index contributed by atoms with van der Waals surface area (Å²) in [4.78, 5) is 20.9. The van der Waals surface area contributed by atoms with Crippen molar-refractivity contribution in [3.05, 3.63) is 79.6 Å². The van der Waals surface area contributed by atoms with E-state index >= 15 is 0 Å². The second-order valence-corrected chi connectivity index (χ2v) is 9.85. The minimum Gasteiger partial charge on any atom is -0.494 e. The van der Waals surface area contributed by atoms with Crippen molar-refractivity contribution in [1.82, 2.24) is 20.1 Å². The van der Waals surface area contributed by atoms with Gasteiger partial charge in [-0.3, -0.25) is 14.9 Å². The van der Waals surface area contributed by atoms with Gasteiger partial charge in [0.05, 0.1) is 29.7 Å². The van der Waals surface area contributed by atoms with Gasteiger partial charge in [-0.05, 0) is 49.3 Å². The molecule has 0 aliphatic rings. The molecule has 5 rings (SSSR count). The molecule has 0 atom stereocenters. The van der Waals surface area contributed by atoms with Crippen molar-refractivity contribution in [3.8, 4) is 16.9 Å². The number of carbonyl (C=O) groups is 1. The number of fused-ring (bicyclic) bond motifs is 2. The Morgan fingerprint density at radius 3 is 2.62 bits per heavy atom. The number of anilines is 4. The van der Waals surface area contributed by atoms with E-state index in [0.717, 1.165) is 51.6 Å². The number of hydrogen-bond donors (Lipinski definition) is 3. The minimum atomic E-state index is -0.293. The van der Waals surface area contributed by atoms with Crippen LogP contribution in [0.2, 0.25) is 0 Å². The van der Waals surface area contributed by atoms with Crippen molar-refractivity contribution in [3.63, 3.8) is 0 Å². The van der Waals surface area contributed by atoms with Crippen LogP contribution in [0.3, 0.4) is 0 Å². The van der Waals surface area contributed by atoms with Gasteiger partial charge in [0.1, 0.15) is 5.75 Å². The highest BCUT2D eigenvalue weighted by Gasteiger charge is 2.17. The normalized spacial score (nSPS) is 11.1. The van der Waals surface area contributed by atoms with Crippen LogP contribution in [0.4, 0.5) is 22.9 Å². The van der Waals surface area contributed by atoms with E-state index in [1.54, 1.807) is 7.11 Å². The van der Waals surface area contributed by atoms with E-state index in [-0.39, 0.29) is 5.91 Å². The van der Waals surface area contributed by atoms with Gasteiger partial charge in [0, 0.05) is 54.9 Å². The molecule has 204 valence electrons. The topological polar surface area (TPSA) is 98.4 Å². The van der Waals surface area contributed by atoms with E-state index in [9.17, 15) is 4.79 Å². The van der Waals surface area contributed by atoms with Crippen LogP contribution in [0.25, 0.3) is 32.8 Å². The molecule has 0 aliphatic carbocycles. The van der Waals surface area contributed by atoms with Crippen LogP contribution in [0.1, 0.15) is 0 Å². The number of carbonyl (C=O) groups excluding carboxylic acids is 1. The van der Waals surface area contributed by atoms with Crippen LogP contribution in [0.5, 0.6) is 5.75 Å². The molecule has 2 heterocycles. The highest BCUT2D eigenvalue weighted by atomic mass is 16.5. The first-order valence-corrected chi connectivity index (χ1v) is 13.0. The molecule has 0 saturated heterocycles. The molecule has 0 bridgehead atoms. The van der Waals surface area contributed by atoms with Crippen molar-refractivity contribution in [2.75, 3.05) is 56.9 Å². The summed E-state index contributed by atoms with van der Waals surface area (Å²) in [5, 5.41) is 17.2. The van der Waals surface area contributed by atoms with Gasteiger partial charge < -0.3 is 25.2 Å². The van der Waals surface area contributed by atoms with Gasteiger partial charge in [-0.2, -0.15) is 5.10 Å². The maximum absolute atomic E-state index is 12.3. The van der Waals surface area contributed by atoms with Gasteiger partial charge in [-0.25, -0.2) is 0 Å². The molecule has 0 spiro atoms. The maximum Gasteiger partial charge on any atom is 0.247 e. The standard InChI is InChI=1S/C31H33N7O2/c1-6-30(39)33-26-16-27(29(40-5)17-28(26)38(4)14-13-37(2)3)34-31-23-12-11-20(15-25(23)35-36-31)24-19-32-18-21-9-7-8-10-22(21)24/h6-12,15-19H,1,13-14H2,2-5H3,(H,33,39)(H2,34,35,36). The third-order valence-corrected chi connectivity index (χ3v) is 6.85. The van der Waals surface area contributed by atoms with Crippen molar-refractivity contribution in [1.29, 1.82) is 0 Å². The number of methoxy groups -OCH3 is 1. The SMILES string of the molecule is C=CC(=O)Nc1cc(Nc2n[nH]c3cc(-c4cncc5ccccc45)ccc23)c(OC)cc1N(C)CCN(C)C. The van der Waals surface area contributed by atoms with E-state index in [1.165, 1.54) is 6.08 Å². The Kier molecular flexibility index (Phi) is 7.65. The number of aromatic nitrogens is 3. The number of nitrogens with one attached hydrogen (secondary N) is 3. The molecular formula is C31H33N7O2. The first-order chi connectivity index (χ1) is 19.4. The number of ether oxygens (including phenoxy) is 1. The number of H-pyrrole nitrogens is 1. The fourth-order valence-corrected chi connectivity index (χ4v) is 4.66. The highest BCUT2D eigenvalue weighted by Crippen LogP contribution is 2.39. The Bertz CT molecular complexity index is 1690. The molecule has 0 saturated carbocycles. The molecule has 3 N–H and O–H groups in total. The van der Waals surface area contributed by atoms with Crippen molar-refractivity contribution in [2.24, 2.45) is 0 Å². The molecule has 3 aromatic carbocycles. The average Bonchev–Trinajstić information content (AvgIpc) is 3.37. The first kappa shape index (κ1) is 26.7. The predicted octanol–water partition coefficient (Wildman–Crippen LogP) is 5.65. The fourth-order valence-electron chi connectivity index (χ4n) is 4.66. The molecule has 1 amide bonds.